The number of hydrogen-bond donors (Lipinski definition) is 0. The molecule has 1 unspecified atom stereocenters. The second-order valence-corrected chi connectivity index (χ2v) is 4.83. The zero-order chi connectivity index (χ0) is 11.4. The Bertz CT molecular complexity index is 107. The summed E-state index contributed by atoms with van der Waals surface area (Å²) >= 11 is 0. The normalized spacial score (nSPS) is 13.0. The van der Waals surface area contributed by atoms with E-state index in [0.717, 1.165) is 12.3 Å². The average Bonchev–Trinajstić information content (AvgIpc) is 2.27. The van der Waals surface area contributed by atoms with E-state index in [1.807, 2.05) is 0 Å². The summed E-state index contributed by atoms with van der Waals surface area (Å²) in [4.78, 5) is 0. The van der Waals surface area contributed by atoms with Crippen molar-refractivity contribution in [2.45, 2.75) is 84.5 Å². The van der Waals surface area contributed by atoms with Crippen LogP contribution in [0, 0.1) is 12.8 Å². The first-order valence-corrected chi connectivity index (χ1v) is 7.14. The molecule has 0 aliphatic carbocycles. The standard InChI is InChI=1S/C15H31/c1-4-7-9-10-11-12-14-15(6-3)13-8-5-2/h15H,1,4-14H2,2-3H3. The Balaban J connectivity index is 3.22. The largest absolute Gasteiger partial charge is 0.0654 e. The molecular weight excluding hydrogens is 180 g/mol. The molecule has 0 heterocycles. The molecular formula is C15H31. The highest BCUT2D eigenvalue weighted by Gasteiger charge is 2.04. The van der Waals surface area contributed by atoms with E-state index in [2.05, 4.69) is 20.8 Å². The predicted octanol–water partition coefficient (Wildman–Crippen LogP) is 5.77. The molecule has 15 heavy (non-hydrogen) atoms. The average molecular weight is 211 g/mol. The van der Waals surface area contributed by atoms with Gasteiger partial charge in [0, 0.05) is 0 Å². The van der Waals surface area contributed by atoms with Crippen molar-refractivity contribution < 1.29 is 0 Å². The molecule has 0 aliphatic heterocycles. The fourth-order valence-corrected chi connectivity index (χ4v) is 2.19. The molecule has 1 atom stereocenters. The molecule has 91 valence electrons. The van der Waals surface area contributed by atoms with Crippen molar-refractivity contribution in [3.05, 3.63) is 6.92 Å². The smallest absolute Gasteiger partial charge is 0.0417 e. The van der Waals surface area contributed by atoms with Crippen LogP contribution >= 0.6 is 0 Å². The van der Waals surface area contributed by atoms with Crippen LogP contribution in [-0.4, -0.2) is 0 Å². The number of hydrogen-bond acceptors (Lipinski definition) is 0. The van der Waals surface area contributed by atoms with Crippen molar-refractivity contribution in [1.29, 1.82) is 0 Å². The second-order valence-electron chi connectivity index (χ2n) is 4.83. The first-order chi connectivity index (χ1) is 7.35. The summed E-state index contributed by atoms with van der Waals surface area (Å²) in [7, 11) is 0. The van der Waals surface area contributed by atoms with Gasteiger partial charge in [-0.1, -0.05) is 91.4 Å². The highest BCUT2D eigenvalue weighted by atomic mass is 14.1. The summed E-state index contributed by atoms with van der Waals surface area (Å²) in [5, 5.41) is 0. The van der Waals surface area contributed by atoms with Gasteiger partial charge in [0.1, 0.15) is 0 Å². The van der Waals surface area contributed by atoms with Crippen LogP contribution in [0.3, 0.4) is 0 Å². The molecule has 0 spiro atoms. The fraction of sp³-hybridized carbons (Fsp3) is 0.933. The van der Waals surface area contributed by atoms with Crippen molar-refractivity contribution in [1.82, 2.24) is 0 Å². The van der Waals surface area contributed by atoms with Gasteiger partial charge in [0.25, 0.3) is 0 Å². The van der Waals surface area contributed by atoms with Crippen molar-refractivity contribution >= 4 is 0 Å². The molecule has 0 aromatic rings. The van der Waals surface area contributed by atoms with E-state index in [-0.39, 0.29) is 0 Å². The van der Waals surface area contributed by atoms with E-state index < -0.39 is 0 Å². The quantitative estimate of drug-likeness (QED) is 0.381. The van der Waals surface area contributed by atoms with Crippen molar-refractivity contribution in [2.24, 2.45) is 5.92 Å². The summed E-state index contributed by atoms with van der Waals surface area (Å²) in [5.41, 5.74) is 0. The van der Waals surface area contributed by atoms with Gasteiger partial charge in [-0.2, -0.15) is 0 Å². The molecule has 0 N–H and O–H groups in total. The van der Waals surface area contributed by atoms with Gasteiger partial charge in [-0.05, 0) is 5.92 Å². The molecule has 0 bridgehead atoms. The Morgan fingerprint density at radius 1 is 0.800 bits per heavy atom. The third-order valence-corrected chi connectivity index (χ3v) is 3.41. The zero-order valence-corrected chi connectivity index (χ0v) is 11.1. The van der Waals surface area contributed by atoms with E-state index in [4.69, 9.17) is 0 Å². The Hall–Kier alpha value is 0. The SMILES string of the molecule is [CH2]CCCCCCCC(CC)CCCC. The first-order valence-electron chi connectivity index (χ1n) is 7.14. The fourth-order valence-electron chi connectivity index (χ4n) is 2.19. The van der Waals surface area contributed by atoms with Crippen LogP contribution in [0.4, 0.5) is 0 Å². The van der Waals surface area contributed by atoms with Crippen molar-refractivity contribution in [3.8, 4) is 0 Å². The first kappa shape index (κ1) is 15.0. The van der Waals surface area contributed by atoms with Gasteiger partial charge in [-0.25, -0.2) is 0 Å². The van der Waals surface area contributed by atoms with Gasteiger partial charge in [-0.3, -0.25) is 0 Å². The molecule has 0 rings (SSSR count). The Labute approximate surface area is 97.8 Å². The van der Waals surface area contributed by atoms with E-state index in [1.54, 1.807) is 0 Å². The minimum absolute atomic E-state index is 1.01. The van der Waals surface area contributed by atoms with Gasteiger partial charge >= 0.3 is 0 Å². The lowest BCUT2D eigenvalue weighted by molar-refractivity contribution is 0.400. The lowest BCUT2D eigenvalue weighted by atomic mass is 9.93. The van der Waals surface area contributed by atoms with Crippen molar-refractivity contribution in [3.63, 3.8) is 0 Å². The summed E-state index contributed by atoms with van der Waals surface area (Å²) in [6.07, 6.45) is 15.3. The summed E-state index contributed by atoms with van der Waals surface area (Å²) in [6, 6.07) is 0. The van der Waals surface area contributed by atoms with Crippen LogP contribution < -0.4 is 0 Å². The van der Waals surface area contributed by atoms with Crippen LogP contribution in [0.25, 0.3) is 0 Å². The maximum atomic E-state index is 3.88. The Morgan fingerprint density at radius 3 is 2.00 bits per heavy atom. The van der Waals surface area contributed by atoms with E-state index in [0.29, 0.717) is 0 Å². The third-order valence-electron chi connectivity index (χ3n) is 3.41. The predicted molar refractivity (Wildman–Crippen MR) is 71.0 cm³/mol. The molecule has 0 saturated heterocycles. The minimum atomic E-state index is 1.01. The van der Waals surface area contributed by atoms with E-state index in [1.165, 1.54) is 64.2 Å². The maximum absolute atomic E-state index is 3.88. The molecule has 0 aromatic heterocycles. The lowest BCUT2D eigenvalue weighted by Crippen LogP contribution is -1.98. The number of rotatable bonds is 11. The molecule has 0 heteroatoms. The summed E-state index contributed by atoms with van der Waals surface area (Å²) in [5.74, 6) is 1.01. The van der Waals surface area contributed by atoms with E-state index in [9.17, 15) is 0 Å². The molecule has 0 saturated carbocycles. The maximum Gasteiger partial charge on any atom is -0.0417 e. The van der Waals surface area contributed by atoms with Crippen LogP contribution in [-0.2, 0) is 0 Å². The Morgan fingerprint density at radius 2 is 1.40 bits per heavy atom. The lowest BCUT2D eigenvalue weighted by Gasteiger charge is -2.13. The van der Waals surface area contributed by atoms with Gasteiger partial charge in [0.05, 0.1) is 0 Å². The van der Waals surface area contributed by atoms with Gasteiger partial charge < -0.3 is 0 Å². The molecule has 0 nitrogen and oxygen atoms in total. The zero-order valence-electron chi connectivity index (χ0n) is 11.1. The highest BCUT2D eigenvalue weighted by Crippen LogP contribution is 2.20. The highest BCUT2D eigenvalue weighted by molar-refractivity contribution is 4.58. The molecule has 0 aliphatic rings. The number of unbranched alkanes of at least 4 members (excludes halogenated alkanes) is 6. The van der Waals surface area contributed by atoms with Gasteiger partial charge in [-0.15, -0.1) is 0 Å². The topological polar surface area (TPSA) is 0 Å². The van der Waals surface area contributed by atoms with Crippen LogP contribution in [0.5, 0.6) is 0 Å². The monoisotopic (exact) mass is 211 g/mol. The minimum Gasteiger partial charge on any atom is -0.0654 e. The Kier molecular flexibility index (Phi) is 12.1. The third kappa shape index (κ3) is 10.3. The van der Waals surface area contributed by atoms with Crippen LogP contribution in [0.15, 0.2) is 0 Å². The second kappa shape index (κ2) is 12.1. The van der Waals surface area contributed by atoms with Gasteiger partial charge in [0.2, 0.25) is 0 Å². The molecule has 0 amide bonds. The molecule has 1 radical (unpaired) electrons. The summed E-state index contributed by atoms with van der Waals surface area (Å²) in [6.45, 7) is 8.53. The van der Waals surface area contributed by atoms with Crippen LogP contribution in [0.1, 0.15) is 84.5 Å². The molecule has 0 fully saturated rings. The van der Waals surface area contributed by atoms with Crippen molar-refractivity contribution in [2.75, 3.05) is 0 Å². The molecule has 0 aromatic carbocycles. The van der Waals surface area contributed by atoms with Gasteiger partial charge in [0.15, 0.2) is 0 Å². The van der Waals surface area contributed by atoms with Crippen LogP contribution in [0.2, 0.25) is 0 Å². The van der Waals surface area contributed by atoms with E-state index >= 15 is 0 Å². The summed E-state index contributed by atoms with van der Waals surface area (Å²) < 4.78 is 0.